The van der Waals surface area contributed by atoms with Gasteiger partial charge in [0, 0.05) is 19.0 Å². The third kappa shape index (κ3) is 8.09. The van der Waals surface area contributed by atoms with Crippen LogP contribution in [0.1, 0.15) is 57.8 Å². The maximum Gasteiger partial charge on any atom is 0.220 e. The normalized spacial score (nSPS) is 15.3. The van der Waals surface area contributed by atoms with Crippen LogP contribution in [0, 0.1) is 0 Å². The van der Waals surface area contributed by atoms with Gasteiger partial charge in [-0.1, -0.05) is 37.8 Å². The van der Waals surface area contributed by atoms with Crippen LogP contribution in [0.3, 0.4) is 0 Å². The first kappa shape index (κ1) is 20.6. The molecule has 2 rings (SSSR count). The Morgan fingerprint density at radius 2 is 1.77 bits per heavy atom. The van der Waals surface area contributed by atoms with Gasteiger partial charge in [-0.2, -0.15) is 0 Å². The van der Waals surface area contributed by atoms with Crippen LogP contribution in [0.4, 0.5) is 0 Å². The minimum Gasteiger partial charge on any atom is -0.493 e. The monoisotopic (exact) mass is 362 g/mol. The van der Waals surface area contributed by atoms with Crippen molar-refractivity contribution in [3.8, 4) is 11.5 Å². The third-order valence-corrected chi connectivity index (χ3v) is 4.83. The van der Waals surface area contributed by atoms with E-state index in [0.29, 0.717) is 19.1 Å². The molecular formula is C21H34N2O3. The van der Waals surface area contributed by atoms with E-state index in [-0.39, 0.29) is 5.91 Å². The molecule has 0 saturated heterocycles. The summed E-state index contributed by atoms with van der Waals surface area (Å²) in [4.78, 5) is 12.0. The van der Waals surface area contributed by atoms with Crippen molar-refractivity contribution >= 4 is 5.91 Å². The molecule has 146 valence electrons. The molecule has 1 aliphatic carbocycles. The zero-order chi connectivity index (χ0) is 18.5. The zero-order valence-electron chi connectivity index (χ0n) is 16.1. The lowest BCUT2D eigenvalue weighted by Crippen LogP contribution is -2.34. The van der Waals surface area contributed by atoms with Gasteiger partial charge in [0.1, 0.15) is 6.61 Å². The highest BCUT2D eigenvalue weighted by Crippen LogP contribution is 2.25. The van der Waals surface area contributed by atoms with Crippen molar-refractivity contribution in [2.75, 3.05) is 26.8 Å². The molecule has 0 aliphatic heterocycles. The second kappa shape index (κ2) is 12.6. The average Bonchev–Trinajstić information content (AvgIpc) is 2.92. The van der Waals surface area contributed by atoms with Crippen LogP contribution in [-0.4, -0.2) is 38.8 Å². The Bertz CT molecular complexity index is 514. The number of benzene rings is 1. The van der Waals surface area contributed by atoms with Crippen molar-refractivity contribution in [2.45, 2.75) is 63.8 Å². The number of carbonyl (C=O) groups is 1. The largest absolute Gasteiger partial charge is 0.493 e. The van der Waals surface area contributed by atoms with Gasteiger partial charge in [-0.05, 0) is 44.4 Å². The van der Waals surface area contributed by atoms with Crippen molar-refractivity contribution in [1.82, 2.24) is 10.6 Å². The number of hydrogen-bond acceptors (Lipinski definition) is 4. The van der Waals surface area contributed by atoms with Crippen LogP contribution < -0.4 is 20.1 Å². The summed E-state index contributed by atoms with van der Waals surface area (Å²) in [5.41, 5.74) is 0. The Kier molecular flexibility index (Phi) is 9.95. The molecule has 2 N–H and O–H groups in total. The van der Waals surface area contributed by atoms with Crippen molar-refractivity contribution in [1.29, 1.82) is 0 Å². The molecule has 1 fully saturated rings. The zero-order valence-corrected chi connectivity index (χ0v) is 16.1. The molecule has 0 atom stereocenters. The molecule has 1 aromatic rings. The lowest BCUT2D eigenvalue weighted by Gasteiger charge is -2.16. The van der Waals surface area contributed by atoms with Crippen LogP contribution in [0.15, 0.2) is 24.3 Å². The maximum absolute atomic E-state index is 12.0. The van der Waals surface area contributed by atoms with Crippen molar-refractivity contribution < 1.29 is 14.3 Å². The van der Waals surface area contributed by atoms with Gasteiger partial charge >= 0.3 is 0 Å². The van der Waals surface area contributed by atoms with Crippen LogP contribution in [-0.2, 0) is 4.79 Å². The highest BCUT2D eigenvalue weighted by molar-refractivity contribution is 5.76. The van der Waals surface area contributed by atoms with E-state index in [0.717, 1.165) is 50.3 Å². The molecule has 1 aromatic carbocycles. The first-order chi connectivity index (χ1) is 12.8. The van der Waals surface area contributed by atoms with E-state index in [1.165, 1.54) is 25.7 Å². The molecule has 26 heavy (non-hydrogen) atoms. The summed E-state index contributed by atoms with van der Waals surface area (Å²) in [7, 11) is 1.65. The van der Waals surface area contributed by atoms with E-state index in [2.05, 4.69) is 10.6 Å². The van der Waals surface area contributed by atoms with Gasteiger partial charge in [-0.3, -0.25) is 4.79 Å². The predicted octanol–water partition coefficient (Wildman–Crippen LogP) is 3.67. The second-order valence-corrected chi connectivity index (χ2v) is 6.96. The van der Waals surface area contributed by atoms with Crippen LogP contribution in [0.25, 0.3) is 0 Å². The summed E-state index contributed by atoms with van der Waals surface area (Å²) in [5, 5.41) is 6.57. The van der Waals surface area contributed by atoms with E-state index >= 15 is 0 Å². The number of methoxy groups -OCH3 is 1. The van der Waals surface area contributed by atoms with Gasteiger partial charge in [-0.25, -0.2) is 0 Å². The number of ether oxygens (including phenoxy) is 2. The molecule has 1 aliphatic rings. The highest BCUT2D eigenvalue weighted by atomic mass is 16.5. The van der Waals surface area contributed by atoms with Crippen LogP contribution >= 0.6 is 0 Å². The number of amides is 1. The molecule has 0 radical (unpaired) electrons. The summed E-state index contributed by atoms with van der Waals surface area (Å²) >= 11 is 0. The number of nitrogens with one attached hydrogen (secondary N) is 2. The maximum atomic E-state index is 12.0. The summed E-state index contributed by atoms with van der Waals surface area (Å²) in [6.07, 6.45) is 10.0. The highest BCUT2D eigenvalue weighted by Gasteiger charge is 2.14. The molecule has 5 heteroatoms. The molecule has 0 bridgehead atoms. The summed E-state index contributed by atoms with van der Waals surface area (Å²) in [6.45, 7) is 2.29. The fraction of sp³-hybridized carbons (Fsp3) is 0.667. The predicted molar refractivity (Wildman–Crippen MR) is 105 cm³/mol. The number of hydrogen-bond donors (Lipinski definition) is 2. The number of carbonyl (C=O) groups excluding carboxylic acids is 1. The first-order valence-corrected chi connectivity index (χ1v) is 10.1. The summed E-state index contributed by atoms with van der Waals surface area (Å²) < 4.78 is 11.0. The van der Waals surface area contributed by atoms with Gasteiger partial charge in [0.15, 0.2) is 11.5 Å². The number of rotatable bonds is 11. The van der Waals surface area contributed by atoms with E-state index in [1.54, 1.807) is 7.11 Å². The quantitative estimate of drug-likeness (QED) is 0.466. The Morgan fingerprint density at radius 3 is 2.50 bits per heavy atom. The average molecular weight is 363 g/mol. The van der Waals surface area contributed by atoms with Gasteiger partial charge < -0.3 is 20.1 Å². The van der Waals surface area contributed by atoms with Gasteiger partial charge in [0.25, 0.3) is 0 Å². The summed E-state index contributed by atoms with van der Waals surface area (Å²) in [6, 6.07) is 8.07. The van der Waals surface area contributed by atoms with Crippen molar-refractivity contribution in [3.63, 3.8) is 0 Å². The van der Waals surface area contributed by atoms with Crippen molar-refractivity contribution in [3.05, 3.63) is 24.3 Å². The third-order valence-electron chi connectivity index (χ3n) is 4.83. The molecule has 5 nitrogen and oxygen atoms in total. The molecule has 1 saturated carbocycles. The van der Waals surface area contributed by atoms with Crippen molar-refractivity contribution in [2.24, 2.45) is 0 Å². The summed E-state index contributed by atoms with van der Waals surface area (Å²) in [5.74, 6) is 1.75. The number of unbranched alkanes of at least 4 members (excludes halogenated alkanes) is 1. The topological polar surface area (TPSA) is 59.6 Å². The standard InChI is InChI=1S/C21H34N2O3/c1-25-19-12-6-7-13-20(19)26-17-16-22-15-9-8-14-21(24)23-18-10-4-2-3-5-11-18/h6-7,12-13,18,22H,2-5,8-11,14-17H2,1H3,(H,23,24). The molecule has 0 unspecified atom stereocenters. The van der Waals surface area contributed by atoms with E-state index in [1.807, 2.05) is 24.3 Å². The minimum atomic E-state index is 0.219. The van der Waals surface area contributed by atoms with Crippen LogP contribution in [0.2, 0.25) is 0 Å². The minimum absolute atomic E-state index is 0.219. The molecular weight excluding hydrogens is 328 g/mol. The van der Waals surface area contributed by atoms with E-state index < -0.39 is 0 Å². The Morgan fingerprint density at radius 1 is 1.04 bits per heavy atom. The van der Waals surface area contributed by atoms with Gasteiger partial charge in [0.05, 0.1) is 7.11 Å². The smallest absolute Gasteiger partial charge is 0.220 e. The Labute approximate surface area is 157 Å². The fourth-order valence-corrected chi connectivity index (χ4v) is 3.36. The second-order valence-electron chi connectivity index (χ2n) is 6.96. The molecule has 0 spiro atoms. The molecule has 0 aromatic heterocycles. The van der Waals surface area contributed by atoms with E-state index in [9.17, 15) is 4.79 Å². The number of para-hydroxylation sites is 2. The van der Waals surface area contributed by atoms with Crippen LogP contribution in [0.5, 0.6) is 11.5 Å². The first-order valence-electron chi connectivity index (χ1n) is 10.1. The fourth-order valence-electron chi connectivity index (χ4n) is 3.36. The molecule has 0 heterocycles. The van der Waals surface area contributed by atoms with E-state index in [4.69, 9.17) is 9.47 Å². The van der Waals surface area contributed by atoms with Gasteiger partial charge in [0.2, 0.25) is 5.91 Å². The lowest BCUT2D eigenvalue weighted by molar-refractivity contribution is -0.122. The molecule has 1 amide bonds. The lowest BCUT2D eigenvalue weighted by atomic mass is 10.1. The SMILES string of the molecule is COc1ccccc1OCCNCCCCC(=O)NC1CCCCCC1. The van der Waals surface area contributed by atoms with Gasteiger partial charge in [-0.15, -0.1) is 0 Å². The Hall–Kier alpha value is -1.75. The Balaban J connectivity index is 1.45.